The van der Waals surface area contributed by atoms with Gasteiger partial charge in [0.1, 0.15) is 17.4 Å². The molecule has 1 aromatic heterocycles. The lowest BCUT2D eigenvalue weighted by atomic mass is 9.99. The number of ether oxygens (including phenoxy) is 2. The number of benzene rings is 1. The summed E-state index contributed by atoms with van der Waals surface area (Å²) in [5.74, 6) is 1.22. The maximum absolute atomic E-state index is 13.6. The minimum Gasteiger partial charge on any atom is -0.496 e. The fourth-order valence-electron chi connectivity index (χ4n) is 4.45. The Morgan fingerprint density at radius 3 is 2.74 bits per heavy atom. The van der Waals surface area contributed by atoms with E-state index in [4.69, 9.17) is 9.47 Å². The number of aliphatic hydroxyl groups is 1. The number of methoxy groups -OCH3 is 1. The molecule has 2 aromatic rings. The lowest BCUT2D eigenvalue weighted by Crippen LogP contribution is -2.50. The number of pyridine rings is 1. The van der Waals surface area contributed by atoms with Crippen LogP contribution in [-0.4, -0.2) is 77.7 Å². The number of aliphatic hydroxyl groups excluding tert-OH is 1. The number of carbonyl (C=O) groups is 2. The highest BCUT2D eigenvalue weighted by atomic mass is 16.5. The van der Waals surface area contributed by atoms with Crippen LogP contribution in [-0.2, 0) is 4.79 Å². The highest BCUT2D eigenvalue weighted by Crippen LogP contribution is 2.35. The first-order chi connectivity index (χ1) is 16.8. The van der Waals surface area contributed by atoms with Gasteiger partial charge in [-0.3, -0.25) is 9.59 Å². The molecule has 8 nitrogen and oxygen atoms in total. The third-order valence-electron chi connectivity index (χ3n) is 6.98. The van der Waals surface area contributed by atoms with Crippen molar-refractivity contribution >= 4 is 11.8 Å². The van der Waals surface area contributed by atoms with Crippen LogP contribution >= 0.6 is 0 Å². The van der Waals surface area contributed by atoms with Gasteiger partial charge in [0.15, 0.2) is 0 Å². The van der Waals surface area contributed by atoms with E-state index in [0.29, 0.717) is 36.7 Å². The predicted molar refractivity (Wildman–Crippen MR) is 132 cm³/mol. The summed E-state index contributed by atoms with van der Waals surface area (Å²) in [7, 11) is 3.41. The lowest BCUT2D eigenvalue weighted by molar-refractivity contribution is -0.131. The summed E-state index contributed by atoms with van der Waals surface area (Å²) in [4.78, 5) is 34.2. The third-order valence-corrected chi connectivity index (χ3v) is 6.98. The molecule has 0 unspecified atom stereocenters. The number of hydrogen-bond donors (Lipinski definition) is 1. The van der Waals surface area contributed by atoms with E-state index >= 15 is 0 Å². The Balaban J connectivity index is 1.68. The highest BCUT2D eigenvalue weighted by molar-refractivity contribution is 5.98. The van der Waals surface area contributed by atoms with Gasteiger partial charge in [0.25, 0.3) is 5.91 Å². The van der Waals surface area contributed by atoms with Crippen molar-refractivity contribution in [1.82, 2.24) is 14.8 Å². The van der Waals surface area contributed by atoms with Gasteiger partial charge in [-0.05, 0) is 37.8 Å². The molecule has 1 aromatic carbocycles. The van der Waals surface area contributed by atoms with Crippen LogP contribution in [0.25, 0.3) is 11.1 Å². The molecule has 188 valence electrons. The molecule has 1 aliphatic heterocycles. The molecule has 1 saturated carbocycles. The number of amides is 2. The summed E-state index contributed by atoms with van der Waals surface area (Å²) >= 11 is 0. The summed E-state index contributed by atoms with van der Waals surface area (Å²) in [6, 6.07) is 8.95. The van der Waals surface area contributed by atoms with Crippen LogP contribution < -0.4 is 9.47 Å². The number of likely N-dealkylation sites (N-methyl/N-ethyl adjacent to an activating group) is 1. The molecule has 1 aliphatic carbocycles. The SMILES string of the molecule is COc1ccccc1-c1cnc2c(c1)C(=O)N([C@H](C)CO)C[C@@H](C)[C@H](CN(C)C(=O)CC1CC1)O2. The second-order valence-corrected chi connectivity index (χ2v) is 9.82. The van der Waals surface area contributed by atoms with E-state index in [9.17, 15) is 14.7 Å². The average molecular weight is 482 g/mol. The molecule has 0 bridgehead atoms. The van der Waals surface area contributed by atoms with E-state index in [1.54, 1.807) is 36.2 Å². The molecule has 2 amide bonds. The van der Waals surface area contributed by atoms with E-state index in [1.165, 1.54) is 0 Å². The minimum atomic E-state index is -0.374. The van der Waals surface area contributed by atoms with E-state index in [0.717, 1.165) is 24.0 Å². The normalized spacial score (nSPS) is 20.8. The number of hydrogen-bond acceptors (Lipinski definition) is 6. The Morgan fingerprint density at radius 1 is 1.31 bits per heavy atom. The molecule has 35 heavy (non-hydrogen) atoms. The third kappa shape index (κ3) is 5.59. The average Bonchev–Trinajstić information content (AvgIpc) is 3.69. The van der Waals surface area contributed by atoms with Crippen molar-refractivity contribution < 1.29 is 24.2 Å². The summed E-state index contributed by atoms with van der Waals surface area (Å²) in [6.07, 6.45) is 4.14. The molecule has 8 heteroatoms. The first-order valence-corrected chi connectivity index (χ1v) is 12.3. The number of carbonyl (C=O) groups excluding carboxylic acids is 2. The molecular formula is C27H35N3O5. The molecule has 4 rings (SSSR count). The summed E-state index contributed by atoms with van der Waals surface area (Å²) < 4.78 is 11.8. The van der Waals surface area contributed by atoms with Gasteiger partial charge in [0, 0.05) is 43.3 Å². The Labute approximate surface area is 206 Å². The Morgan fingerprint density at radius 2 is 2.06 bits per heavy atom. The van der Waals surface area contributed by atoms with Gasteiger partial charge >= 0.3 is 0 Å². The fraction of sp³-hybridized carbons (Fsp3) is 0.519. The smallest absolute Gasteiger partial charge is 0.259 e. The van der Waals surface area contributed by atoms with E-state index in [1.807, 2.05) is 38.1 Å². The largest absolute Gasteiger partial charge is 0.496 e. The summed E-state index contributed by atoms with van der Waals surface area (Å²) in [5.41, 5.74) is 1.88. The molecule has 3 atom stereocenters. The van der Waals surface area contributed by atoms with Gasteiger partial charge in [-0.15, -0.1) is 0 Å². The monoisotopic (exact) mass is 481 g/mol. The summed E-state index contributed by atoms with van der Waals surface area (Å²) in [6.45, 7) is 4.47. The lowest BCUT2D eigenvalue weighted by Gasteiger charge is -2.37. The Kier molecular flexibility index (Phi) is 7.60. The van der Waals surface area contributed by atoms with Gasteiger partial charge in [-0.1, -0.05) is 25.1 Å². The quantitative estimate of drug-likeness (QED) is 0.622. The second-order valence-electron chi connectivity index (χ2n) is 9.82. The minimum absolute atomic E-state index is 0.0760. The zero-order chi connectivity index (χ0) is 25.1. The van der Waals surface area contributed by atoms with Crippen LogP contribution in [0.3, 0.4) is 0 Å². The standard InChI is InChI=1S/C27H35N3O5/c1-17-14-30(18(2)16-31)27(33)22-12-20(21-7-5-6-8-23(21)34-4)13-28-26(22)35-24(17)15-29(3)25(32)11-19-9-10-19/h5-8,12-13,17-19,24,31H,9-11,14-16H2,1-4H3/t17-,18-,24+/m1/s1. The number of nitrogens with zero attached hydrogens (tertiary/aromatic N) is 3. The van der Waals surface area contributed by atoms with Crippen molar-refractivity contribution in [2.75, 3.05) is 33.9 Å². The van der Waals surface area contributed by atoms with Crippen LogP contribution in [0.5, 0.6) is 11.6 Å². The fourth-order valence-corrected chi connectivity index (χ4v) is 4.45. The molecule has 0 radical (unpaired) electrons. The van der Waals surface area contributed by atoms with Crippen molar-refractivity contribution in [3.05, 3.63) is 42.1 Å². The van der Waals surface area contributed by atoms with E-state index in [-0.39, 0.29) is 42.4 Å². The van der Waals surface area contributed by atoms with Crippen LogP contribution in [0.15, 0.2) is 36.5 Å². The summed E-state index contributed by atoms with van der Waals surface area (Å²) in [5, 5.41) is 9.87. The Hall–Kier alpha value is -3.13. The zero-order valence-corrected chi connectivity index (χ0v) is 20.9. The number of para-hydroxylation sites is 1. The van der Waals surface area contributed by atoms with Crippen LogP contribution in [0, 0.1) is 11.8 Å². The van der Waals surface area contributed by atoms with Gasteiger partial charge in [-0.2, -0.15) is 0 Å². The number of rotatable bonds is 8. The highest BCUT2D eigenvalue weighted by Gasteiger charge is 2.35. The molecule has 0 spiro atoms. The molecule has 1 fully saturated rings. The van der Waals surface area contributed by atoms with Gasteiger partial charge in [-0.25, -0.2) is 4.98 Å². The molecule has 0 saturated heterocycles. The molecular weight excluding hydrogens is 446 g/mol. The van der Waals surface area contributed by atoms with E-state index in [2.05, 4.69) is 4.98 Å². The molecule has 2 aliphatic rings. The van der Waals surface area contributed by atoms with Crippen LogP contribution in [0.4, 0.5) is 0 Å². The van der Waals surface area contributed by atoms with Crippen LogP contribution in [0.2, 0.25) is 0 Å². The predicted octanol–water partition coefficient (Wildman–Crippen LogP) is 3.24. The molecule has 2 heterocycles. The van der Waals surface area contributed by atoms with Gasteiger partial charge < -0.3 is 24.4 Å². The number of fused-ring (bicyclic) bond motifs is 1. The zero-order valence-electron chi connectivity index (χ0n) is 20.9. The van der Waals surface area contributed by atoms with Crippen molar-refractivity contribution in [1.29, 1.82) is 0 Å². The van der Waals surface area contributed by atoms with Crippen molar-refractivity contribution in [3.63, 3.8) is 0 Å². The first-order valence-electron chi connectivity index (χ1n) is 12.3. The van der Waals surface area contributed by atoms with E-state index < -0.39 is 0 Å². The van der Waals surface area contributed by atoms with Gasteiger partial charge in [0.2, 0.25) is 11.8 Å². The first kappa shape index (κ1) is 25.0. The van der Waals surface area contributed by atoms with Crippen molar-refractivity contribution in [2.45, 2.75) is 45.3 Å². The maximum Gasteiger partial charge on any atom is 0.259 e. The number of aromatic nitrogens is 1. The Bertz CT molecular complexity index is 1070. The second kappa shape index (κ2) is 10.6. The topological polar surface area (TPSA) is 92.2 Å². The van der Waals surface area contributed by atoms with Crippen molar-refractivity contribution in [2.24, 2.45) is 11.8 Å². The van der Waals surface area contributed by atoms with Crippen LogP contribution in [0.1, 0.15) is 43.5 Å². The maximum atomic E-state index is 13.6. The molecule has 1 N–H and O–H groups in total. The van der Waals surface area contributed by atoms with Crippen molar-refractivity contribution in [3.8, 4) is 22.8 Å². The van der Waals surface area contributed by atoms with Gasteiger partial charge in [0.05, 0.1) is 26.3 Å².